The Morgan fingerprint density at radius 3 is 2.30 bits per heavy atom. The summed E-state index contributed by atoms with van der Waals surface area (Å²) in [7, 11) is 0. The fraction of sp³-hybridized carbons (Fsp3) is 0.0435. The molecule has 4 rings (SSSR count). The number of rotatable bonds is 4. The summed E-state index contributed by atoms with van der Waals surface area (Å²) >= 11 is 0. The summed E-state index contributed by atoms with van der Waals surface area (Å²) in [4.78, 5) is 25.8. The van der Waals surface area contributed by atoms with Crippen molar-refractivity contribution in [2.24, 2.45) is 0 Å². The third-order valence-corrected chi connectivity index (χ3v) is 4.53. The molecule has 0 fully saturated rings. The predicted octanol–water partition coefficient (Wildman–Crippen LogP) is 5.04. The van der Waals surface area contributed by atoms with Gasteiger partial charge >= 0.3 is 0 Å². The van der Waals surface area contributed by atoms with E-state index < -0.39 is 5.91 Å². The number of nitrogens with zero attached hydrogens (tertiary/aromatic N) is 3. The lowest BCUT2D eigenvalue weighted by molar-refractivity contribution is 0.102. The maximum absolute atomic E-state index is 13.4. The molecule has 2 heterocycles. The molecule has 1 amide bonds. The van der Waals surface area contributed by atoms with E-state index >= 15 is 0 Å². The van der Waals surface area contributed by atoms with Crippen LogP contribution in [0.25, 0.3) is 22.6 Å². The van der Waals surface area contributed by atoms with Gasteiger partial charge in [-0.05, 0) is 67.1 Å². The third kappa shape index (κ3) is 4.05. The summed E-state index contributed by atoms with van der Waals surface area (Å²) in [5.74, 6) is -0.813. The van der Waals surface area contributed by atoms with E-state index in [-0.39, 0.29) is 17.2 Å². The van der Waals surface area contributed by atoms with Crippen molar-refractivity contribution in [3.63, 3.8) is 0 Å². The first kappa shape index (κ1) is 19.3. The molecule has 4 aromatic rings. The van der Waals surface area contributed by atoms with Crippen molar-refractivity contribution in [3.8, 4) is 22.6 Å². The van der Waals surface area contributed by atoms with Crippen LogP contribution in [0.1, 0.15) is 15.9 Å². The molecule has 1 N–H and O–H groups in total. The zero-order valence-corrected chi connectivity index (χ0v) is 15.9. The Labute approximate surface area is 171 Å². The van der Waals surface area contributed by atoms with Crippen LogP contribution in [-0.2, 0) is 0 Å². The number of hydrogen-bond donors (Lipinski definition) is 1. The minimum atomic E-state index is -0.429. The Morgan fingerprint density at radius 2 is 1.60 bits per heavy atom. The zero-order chi connectivity index (χ0) is 21.1. The van der Waals surface area contributed by atoms with Gasteiger partial charge in [-0.15, -0.1) is 0 Å². The predicted molar refractivity (Wildman–Crippen MR) is 110 cm³/mol. The molecule has 2 aromatic carbocycles. The van der Waals surface area contributed by atoms with Gasteiger partial charge in [0, 0.05) is 35.4 Å². The molecule has 0 unspecified atom stereocenters. The standard InChI is InChI=1S/C23H16F2N4O/c1-14-12-18(25)6-7-20(14)28-23(30)19-13-27-22(16-2-4-17(24)5-3-16)29-21(19)15-8-10-26-11-9-15/h2-13H,1H3,(H,28,30). The molecule has 0 aliphatic carbocycles. The summed E-state index contributed by atoms with van der Waals surface area (Å²) in [6.45, 7) is 1.70. The van der Waals surface area contributed by atoms with Crippen LogP contribution in [-0.4, -0.2) is 20.9 Å². The molecule has 30 heavy (non-hydrogen) atoms. The summed E-state index contributed by atoms with van der Waals surface area (Å²) in [6, 6.07) is 13.4. The second-order valence-electron chi connectivity index (χ2n) is 6.61. The highest BCUT2D eigenvalue weighted by Gasteiger charge is 2.18. The van der Waals surface area contributed by atoms with Crippen molar-refractivity contribution < 1.29 is 13.6 Å². The van der Waals surface area contributed by atoms with Crippen LogP contribution in [0.15, 0.2) is 73.2 Å². The molecule has 0 aliphatic rings. The minimum absolute atomic E-state index is 0.246. The monoisotopic (exact) mass is 402 g/mol. The van der Waals surface area contributed by atoms with E-state index in [1.165, 1.54) is 36.5 Å². The SMILES string of the molecule is Cc1cc(F)ccc1NC(=O)c1cnc(-c2ccc(F)cc2)nc1-c1ccncc1. The number of amides is 1. The number of pyridine rings is 1. The highest BCUT2D eigenvalue weighted by Crippen LogP contribution is 2.26. The quantitative estimate of drug-likeness (QED) is 0.519. The van der Waals surface area contributed by atoms with Crippen molar-refractivity contribution in [3.05, 3.63) is 95.9 Å². The van der Waals surface area contributed by atoms with Gasteiger partial charge in [0.15, 0.2) is 5.82 Å². The van der Waals surface area contributed by atoms with Crippen molar-refractivity contribution in [1.29, 1.82) is 0 Å². The average Bonchev–Trinajstić information content (AvgIpc) is 2.76. The van der Waals surface area contributed by atoms with Gasteiger partial charge in [-0.1, -0.05) is 0 Å². The fourth-order valence-corrected chi connectivity index (χ4v) is 2.97. The van der Waals surface area contributed by atoms with E-state index in [9.17, 15) is 13.6 Å². The summed E-state index contributed by atoms with van der Waals surface area (Å²) in [6.07, 6.45) is 4.62. The van der Waals surface area contributed by atoms with E-state index in [1.54, 1.807) is 43.6 Å². The van der Waals surface area contributed by atoms with Crippen LogP contribution in [0, 0.1) is 18.6 Å². The number of nitrogens with one attached hydrogen (secondary N) is 1. The van der Waals surface area contributed by atoms with E-state index in [0.29, 0.717) is 33.9 Å². The second-order valence-corrected chi connectivity index (χ2v) is 6.61. The van der Waals surface area contributed by atoms with Gasteiger partial charge in [0.1, 0.15) is 11.6 Å². The van der Waals surface area contributed by atoms with Gasteiger partial charge in [0.2, 0.25) is 0 Å². The zero-order valence-electron chi connectivity index (χ0n) is 15.9. The molecule has 148 valence electrons. The molecular weight excluding hydrogens is 386 g/mol. The van der Waals surface area contributed by atoms with Gasteiger partial charge in [0.05, 0.1) is 11.3 Å². The number of aromatic nitrogens is 3. The molecule has 2 aromatic heterocycles. The van der Waals surface area contributed by atoms with E-state index in [1.807, 2.05) is 0 Å². The Balaban J connectivity index is 1.76. The molecule has 0 bridgehead atoms. The summed E-state index contributed by atoms with van der Waals surface area (Å²) in [5, 5.41) is 2.78. The van der Waals surface area contributed by atoms with Crippen LogP contribution < -0.4 is 5.32 Å². The minimum Gasteiger partial charge on any atom is -0.322 e. The largest absolute Gasteiger partial charge is 0.322 e. The average molecular weight is 402 g/mol. The maximum atomic E-state index is 13.4. The molecule has 5 nitrogen and oxygen atoms in total. The van der Waals surface area contributed by atoms with Crippen molar-refractivity contribution >= 4 is 11.6 Å². The van der Waals surface area contributed by atoms with Gasteiger partial charge in [-0.2, -0.15) is 0 Å². The van der Waals surface area contributed by atoms with Crippen LogP contribution in [0.2, 0.25) is 0 Å². The Morgan fingerprint density at radius 1 is 0.900 bits per heavy atom. The first-order valence-electron chi connectivity index (χ1n) is 9.12. The highest BCUT2D eigenvalue weighted by molar-refractivity contribution is 6.08. The Kier molecular flexibility index (Phi) is 5.26. The first-order valence-corrected chi connectivity index (χ1v) is 9.12. The van der Waals surface area contributed by atoms with E-state index in [4.69, 9.17) is 0 Å². The van der Waals surface area contributed by atoms with Crippen LogP contribution in [0.5, 0.6) is 0 Å². The highest BCUT2D eigenvalue weighted by atomic mass is 19.1. The molecule has 0 radical (unpaired) electrons. The van der Waals surface area contributed by atoms with Gasteiger partial charge in [-0.25, -0.2) is 18.7 Å². The number of benzene rings is 2. The van der Waals surface area contributed by atoms with Crippen LogP contribution in [0.3, 0.4) is 0 Å². The molecule has 7 heteroatoms. The third-order valence-electron chi connectivity index (χ3n) is 4.53. The van der Waals surface area contributed by atoms with E-state index in [0.717, 1.165) is 0 Å². The lowest BCUT2D eigenvalue weighted by Gasteiger charge is -2.12. The normalized spacial score (nSPS) is 10.6. The molecule has 0 saturated heterocycles. The first-order chi connectivity index (χ1) is 14.5. The molecule has 0 aliphatic heterocycles. The lowest BCUT2D eigenvalue weighted by atomic mass is 10.1. The fourth-order valence-electron chi connectivity index (χ4n) is 2.97. The second kappa shape index (κ2) is 8.16. The van der Waals surface area contributed by atoms with Crippen molar-refractivity contribution in [1.82, 2.24) is 15.0 Å². The molecule has 0 atom stereocenters. The molecule has 0 spiro atoms. The number of anilines is 1. The van der Waals surface area contributed by atoms with E-state index in [2.05, 4.69) is 20.3 Å². The van der Waals surface area contributed by atoms with Crippen molar-refractivity contribution in [2.45, 2.75) is 6.92 Å². The van der Waals surface area contributed by atoms with Gasteiger partial charge in [0.25, 0.3) is 5.91 Å². The summed E-state index contributed by atoms with van der Waals surface area (Å²) < 4.78 is 26.6. The smallest absolute Gasteiger partial charge is 0.259 e. The van der Waals surface area contributed by atoms with Gasteiger partial charge < -0.3 is 5.32 Å². The molecule has 0 saturated carbocycles. The van der Waals surface area contributed by atoms with Crippen LogP contribution >= 0.6 is 0 Å². The number of carbonyl (C=O) groups is 1. The molecular formula is C23H16F2N4O. The Bertz CT molecular complexity index is 1210. The van der Waals surface area contributed by atoms with Crippen molar-refractivity contribution in [2.75, 3.05) is 5.32 Å². The summed E-state index contributed by atoms with van der Waals surface area (Å²) in [5.41, 5.74) is 3.03. The maximum Gasteiger partial charge on any atom is 0.259 e. The number of halogens is 2. The lowest BCUT2D eigenvalue weighted by Crippen LogP contribution is -2.15. The topological polar surface area (TPSA) is 67.8 Å². The number of carbonyl (C=O) groups excluding carboxylic acids is 1. The number of hydrogen-bond acceptors (Lipinski definition) is 4. The number of aryl methyl sites for hydroxylation is 1. The Hall–Kier alpha value is -4.00. The van der Waals surface area contributed by atoms with Crippen LogP contribution in [0.4, 0.5) is 14.5 Å². The van der Waals surface area contributed by atoms with Gasteiger partial charge in [-0.3, -0.25) is 9.78 Å².